The lowest BCUT2D eigenvalue weighted by molar-refractivity contribution is 0.0940. The summed E-state index contributed by atoms with van der Waals surface area (Å²) in [6.45, 7) is 1.19. The zero-order chi connectivity index (χ0) is 20.6. The molecule has 0 fully saturated rings. The summed E-state index contributed by atoms with van der Waals surface area (Å²) < 4.78 is 7.64. The van der Waals surface area contributed by atoms with Gasteiger partial charge in [0.2, 0.25) is 11.6 Å². The Morgan fingerprint density at radius 2 is 1.37 bits per heavy atom. The van der Waals surface area contributed by atoms with Crippen LogP contribution in [0.15, 0.2) is 91.0 Å². The maximum Gasteiger partial charge on any atom is 0.277 e. The summed E-state index contributed by atoms with van der Waals surface area (Å²) in [6.07, 6.45) is 0. The summed E-state index contributed by atoms with van der Waals surface area (Å²) in [4.78, 5) is 12.8. The highest BCUT2D eigenvalue weighted by Crippen LogP contribution is 2.19. The van der Waals surface area contributed by atoms with Gasteiger partial charge in [-0.1, -0.05) is 96.2 Å². The third kappa shape index (κ3) is 4.91. The number of nitrogens with one attached hydrogen (secondary N) is 1. The van der Waals surface area contributed by atoms with Gasteiger partial charge in [-0.3, -0.25) is 4.79 Å². The first-order chi connectivity index (χ1) is 14.8. The molecule has 3 aromatic carbocycles. The number of carbonyl (C=O) groups excluding carboxylic acids is 1. The van der Waals surface area contributed by atoms with Crippen molar-refractivity contribution in [3.8, 4) is 5.88 Å². The van der Waals surface area contributed by atoms with E-state index in [0.29, 0.717) is 25.6 Å². The summed E-state index contributed by atoms with van der Waals surface area (Å²) in [5.41, 5.74) is 3.23. The van der Waals surface area contributed by atoms with Crippen LogP contribution < -0.4 is 10.1 Å². The minimum absolute atomic E-state index is 0.179. The summed E-state index contributed by atoms with van der Waals surface area (Å²) >= 11 is 0. The average Bonchev–Trinajstić information content (AvgIpc) is 3.20. The summed E-state index contributed by atoms with van der Waals surface area (Å²) in [5.74, 6) is 0.0366. The van der Waals surface area contributed by atoms with Gasteiger partial charge in [-0.2, -0.15) is 0 Å². The first-order valence-corrected chi connectivity index (χ1v) is 9.76. The second kappa shape index (κ2) is 9.52. The molecule has 0 unspecified atom stereocenters. The number of amides is 1. The summed E-state index contributed by atoms with van der Waals surface area (Å²) in [6, 6.07) is 29.4. The average molecular weight is 398 g/mol. The van der Waals surface area contributed by atoms with Gasteiger partial charge < -0.3 is 10.1 Å². The van der Waals surface area contributed by atoms with E-state index in [9.17, 15) is 4.79 Å². The Kier molecular flexibility index (Phi) is 6.15. The van der Waals surface area contributed by atoms with Gasteiger partial charge >= 0.3 is 0 Å². The molecule has 1 heterocycles. The van der Waals surface area contributed by atoms with Crippen LogP contribution in [0.5, 0.6) is 5.88 Å². The zero-order valence-corrected chi connectivity index (χ0v) is 16.4. The lowest BCUT2D eigenvalue weighted by Crippen LogP contribution is -2.24. The molecule has 0 atom stereocenters. The van der Waals surface area contributed by atoms with Gasteiger partial charge in [-0.15, -0.1) is 5.10 Å². The van der Waals surface area contributed by atoms with Gasteiger partial charge in [-0.05, 0) is 16.7 Å². The van der Waals surface area contributed by atoms with Gasteiger partial charge in [0.25, 0.3) is 5.91 Å². The van der Waals surface area contributed by atoms with E-state index in [2.05, 4.69) is 15.6 Å². The normalized spacial score (nSPS) is 10.5. The van der Waals surface area contributed by atoms with Gasteiger partial charge in [0.1, 0.15) is 6.61 Å². The van der Waals surface area contributed by atoms with Crippen molar-refractivity contribution in [3.63, 3.8) is 0 Å². The Morgan fingerprint density at radius 1 is 0.800 bits per heavy atom. The molecule has 6 heteroatoms. The van der Waals surface area contributed by atoms with E-state index in [1.54, 1.807) is 4.68 Å². The summed E-state index contributed by atoms with van der Waals surface area (Å²) in [5, 5.41) is 11.2. The third-order valence-corrected chi connectivity index (χ3v) is 4.59. The molecule has 0 aliphatic heterocycles. The van der Waals surface area contributed by atoms with Crippen molar-refractivity contribution in [2.45, 2.75) is 19.7 Å². The molecule has 0 aliphatic rings. The van der Waals surface area contributed by atoms with Gasteiger partial charge in [0.15, 0.2) is 0 Å². The molecule has 150 valence electrons. The maximum absolute atomic E-state index is 12.8. The van der Waals surface area contributed by atoms with Crippen LogP contribution in [0.4, 0.5) is 0 Å². The fourth-order valence-electron chi connectivity index (χ4n) is 3.04. The van der Waals surface area contributed by atoms with E-state index in [1.807, 2.05) is 91.0 Å². The number of nitrogens with zero attached hydrogens (tertiary/aromatic N) is 3. The number of rotatable bonds is 8. The highest BCUT2D eigenvalue weighted by atomic mass is 16.5. The number of aromatic nitrogens is 3. The Morgan fingerprint density at radius 3 is 2.00 bits per heavy atom. The predicted molar refractivity (Wildman–Crippen MR) is 114 cm³/mol. The van der Waals surface area contributed by atoms with E-state index >= 15 is 0 Å². The van der Waals surface area contributed by atoms with Crippen molar-refractivity contribution >= 4 is 5.91 Å². The van der Waals surface area contributed by atoms with Crippen molar-refractivity contribution in [1.29, 1.82) is 0 Å². The van der Waals surface area contributed by atoms with Crippen LogP contribution in [0, 0.1) is 0 Å². The molecule has 0 spiro atoms. The van der Waals surface area contributed by atoms with Crippen molar-refractivity contribution in [2.24, 2.45) is 0 Å². The number of benzene rings is 3. The molecule has 6 nitrogen and oxygen atoms in total. The standard InChI is InChI=1S/C24H22N4O2/c29-23(25-16-19-10-4-1-5-11-19)22-24(30-18-21-14-8-3-9-15-21)28(27-26-22)17-20-12-6-2-7-13-20/h1-15H,16-18H2,(H,25,29). The van der Waals surface area contributed by atoms with Gasteiger partial charge in [0, 0.05) is 6.54 Å². The Bertz CT molecular complexity index is 1080. The number of ether oxygens (including phenoxy) is 1. The molecule has 1 amide bonds. The molecule has 0 bridgehead atoms. The molecule has 0 radical (unpaired) electrons. The quantitative estimate of drug-likeness (QED) is 0.490. The van der Waals surface area contributed by atoms with Crippen molar-refractivity contribution in [3.05, 3.63) is 113 Å². The van der Waals surface area contributed by atoms with E-state index < -0.39 is 0 Å². The van der Waals surface area contributed by atoms with Crippen molar-refractivity contribution < 1.29 is 9.53 Å². The topological polar surface area (TPSA) is 69.0 Å². The second-order valence-electron chi connectivity index (χ2n) is 6.83. The molecule has 0 aliphatic carbocycles. The molecule has 30 heavy (non-hydrogen) atoms. The largest absolute Gasteiger partial charge is 0.471 e. The van der Waals surface area contributed by atoms with Crippen LogP contribution in [-0.4, -0.2) is 20.9 Å². The fraction of sp³-hybridized carbons (Fsp3) is 0.125. The van der Waals surface area contributed by atoms with E-state index in [1.165, 1.54) is 0 Å². The third-order valence-electron chi connectivity index (χ3n) is 4.59. The molecular weight excluding hydrogens is 376 g/mol. The predicted octanol–water partition coefficient (Wildman–Crippen LogP) is 3.84. The minimum Gasteiger partial charge on any atom is -0.471 e. The lowest BCUT2D eigenvalue weighted by Gasteiger charge is -2.11. The highest BCUT2D eigenvalue weighted by Gasteiger charge is 2.21. The van der Waals surface area contributed by atoms with Crippen molar-refractivity contribution in [1.82, 2.24) is 20.3 Å². The zero-order valence-electron chi connectivity index (χ0n) is 16.4. The van der Waals surface area contributed by atoms with Crippen LogP contribution in [0.3, 0.4) is 0 Å². The molecular formula is C24H22N4O2. The fourth-order valence-corrected chi connectivity index (χ4v) is 3.04. The molecule has 1 aromatic heterocycles. The van der Waals surface area contributed by atoms with Crippen LogP contribution in [0.25, 0.3) is 0 Å². The van der Waals surface area contributed by atoms with Crippen molar-refractivity contribution in [2.75, 3.05) is 0 Å². The molecule has 1 N–H and O–H groups in total. The number of carbonyl (C=O) groups is 1. The monoisotopic (exact) mass is 398 g/mol. The number of hydrogen-bond acceptors (Lipinski definition) is 4. The molecule has 0 saturated heterocycles. The minimum atomic E-state index is -0.318. The Labute approximate surface area is 175 Å². The van der Waals surface area contributed by atoms with Gasteiger partial charge in [-0.25, -0.2) is 4.68 Å². The Balaban J connectivity index is 1.54. The number of hydrogen-bond donors (Lipinski definition) is 1. The first kappa shape index (κ1) is 19.4. The van der Waals surface area contributed by atoms with E-state index in [0.717, 1.165) is 16.7 Å². The Hall–Kier alpha value is -3.93. The maximum atomic E-state index is 12.8. The van der Waals surface area contributed by atoms with Crippen LogP contribution in [0.1, 0.15) is 27.2 Å². The van der Waals surface area contributed by atoms with E-state index in [-0.39, 0.29) is 11.6 Å². The van der Waals surface area contributed by atoms with E-state index in [4.69, 9.17) is 4.74 Å². The van der Waals surface area contributed by atoms with Crippen LogP contribution >= 0.6 is 0 Å². The summed E-state index contributed by atoms with van der Waals surface area (Å²) in [7, 11) is 0. The molecule has 4 aromatic rings. The van der Waals surface area contributed by atoms with Crippen LogP contribution in [-0.2, 0) is 19.7 Å². The second-order valence-corrected chi connectivity index (χ2v) is 6.83. The lowest BCUT2D eigenvalue weighted by atomic mass is 10.2. The first-order valence-electron chi connectivity index (χ1n) is 9.76. The van der Waals surface area contributed by atoms with Crippen LogP contribution in [0.2, 0.25) is 0 Å². The molecule has 0 saturated carbocycles. The highest BCUT2D eigenvalue weighted by molar-refractivity contribution is 5.94. The molecule has 4 rings (SSSR count). The SMILES string of the molecule is O=C(NCc1ccccc1)c1nnn(Cc2ccccc2)c1OCc1ccccc1. The van der Waals surface area contributed by atoms with Gasteiger partial charge in [0.05, 0.1) is 6.54 Å². The smallest absolute Gasteiger partial charge is 0.277 e.